The maximum atomic E-state index is 11.1. The number of benzene rings is 1. The minimum atomic E-state index is -0.392. The molecule has 1 atom stereocenters. The molecule has 0 aliphatic carbocycles. The fourth-order valence-electron chi connectivity index (χ4n) is 2.04. The monoisotopic (exact) mass is 253 g/mol. The van der Waals surface area contributed by atoms with Crippen LogP contribution in [0.4, 0.5) is 17.1 Å². The molecule has 5 nitrogen and oxygen atoms in total. The summed E-state index contributed by atoms with van der Waals surface area (Å²) in [6, 6.07) is 5.12. The summed E-state index contributed by atoms with van der Waals surface area (Å²) in [5, 5.41) is 11.6. The lowest BCUT2D eigenvalue weighted by atomic mass is 10.2. The van der Waals surface area contributed by atoms with E-state index in [1.165, 1.54) is 0 Å². The van der Waals surface area contributed by atoms with Crippen LogP contribution >= 0.6 is 11.8 Å². The number of nitro groups is 1. The maximum absolute atomic E-state index is 11.1. The lowest BCUT2D eigenvalue weighted by molar-refractivity contribution is -0.383. The second-order valence-electron chi connectivity index (χ2n) is 4.10. The minimum absolute atomic E-state index is 0.0339. The molecule has 1 saturated heterocycles. The van der Waals surface area contributed by atoms with Crippen LogP contribution in [-0.2, 0) is 0 Å². The van der Waals surface area contributed by atoms with Gasteiger partial charge >= 0.3 is 5.69 Å². The van der Waals surface area contributed by atoms with Crippen LogP contribution in [0, 0.1) is 10.1 Å². The molecule has 6 heteroatoms. The Morgan fingerprint density at radius 2 is 2.35 bits per heavy atom. The summed E-state index contributed by atoms with van der Waals surface area (Å²) in [5.74, 6) is 0.993. The number of hydrogen-bond donors (Lipinski definition) is 1. The summed E-state index contributed by atoms with van der Waals surface area (Å²) in [6.45, 7) is 3.79. The van der Waals surface area contributed by atoms with E-state index in [9.17, 15) is 10.1 Å². The molecule has 1 aromatic rings. The average Bonchev–Trinajstić information content (AvgIpc) is 2.28. The summed E-state index contributed by atoms with van der Waals surface area (Å²) in [4.78, 5) is 12.7. The van der Waals surface area contributed by atoms with E-state index in [-0.39, 0.29) is 11.4 Å². The van der Waals surface area contributed by atoms with Gasteiger partial charge in [0, 0.05) is 24.1 Å². The highest BCUT2D eigenvalue weighted by molar-refractivity contribution is 8.00. The van der Waals surface area contributed by atoms with Gasteiger partial charge in [0.05, 0.1) is 4.92 Å². The second-order valence-corrected chi connectivity index (χ2v) is 5.65. The van der Waals surface area contributed by atoms with Crippen LogP contribution in [0.3, 0.4) is 0 Å². The van der Waals surface area contributed by atoms with Crippen LogP contribution in [0.25, 0.3) is 0 Å². The summed E-state index contributed by atoms with van der Waals surface area (Å²) >= 11 is 1.89. The molecule has 2 N–H and O–H groups in total. The molecule has 1 aromatic carbocycles. The van der Waals surface area contributed by atoms with Crippen molar-refractivity contribution in [2.24, 2.45) is 0 Å². The molecule has 0 spiro atoms. The van der Waals surface area contributed by atoms with E-state index >= 15 is 0 Å². The van der Waals surface area contributed by atoms with E-state index in [0.29, 0.717) is 10.9 Å². The summed E-state index contributed by atoms with van der Waals surface area (Å²) in [5.41, 5.74) is 6.60. The van der Waals surface area contributed by atoms with E-state index in [0.717, 1.165) is 18.8 Å². The number of rotatable bonds is 2. The molecular formula is C11H15N3O2S. The number of nitrogens with two attached hydrogens (primary N) is 1. The summed E-state index contributed by atoms with van der Waals surface area (Å²) < 4.78 is 0. The molecule has 1 aliphatic heterocycles. The van der Waals surface area contributed by atoms with Crippen molar-refractivity contribution in [2.75, 3.05) is 29.5 Å². The predicted molar refractivity (Wildman–Crippen MR) is 71.6 cm³/mol. The highest BCUT2D eigenvalue weighted by Gasteiger charge is 2.25. The SMILES string of the molecule is CC1CN(c2cccc(N)c2[N+](=O)[O-])CCS1. The van der Waals surface area contributed by atoms with Crippen LogP contribution in [0.5, 0.6) is 0 Å². The Labute approximate surface area is 104 Å². The lowest BCUT2D eigenvalue weighted by Crippen LogP contribution is -2.37. The van der Waals surface area contributed by atoms with Crippen molar-refractivity contribution < 1.29 is 4.92 Å². The van der Waals surface area contributed by atoms with Gasteiger partial charge in [-0.3, -0.25) is 10.1 Å². The van der Waals surface area contributed by atoms with Gasteiger partial charge in [-0.25, -0.2) is 0 Å². The van der Waals surface area contributed by atoms with Gasteiger partial charge in [0.15, 0.2) is 0 Å². The minimum Gasteiger partial charge on any atom is -0.393 e. The standard InChI is InChI=1S/C11H15N3O2S/c1-8-7-13(5-6-17-8)10-4-2-3-9(12)11(10)14(15)16/h2-4,8H,5-7,12H2,1H3. The van der Waals surface area contributed by atoms with Crippen molar-refractivity contribution in [1.29, 1.82) is 0 Å². The van der Waals surface area contributed by atoms with Crippen LogP contribution in [-0.4, -0.2) is 29.0 Å². The average molecular weight is 253 g/mol. The first kappa shape index (κ1) is 12.0. The zero-order valence-electron chi connectivity index (χ0n) is 9.63. The Morgan fingerprint density at radius 1 is 1.59 bits per heavy atom. The third-order valence-corrected chi connectivity index (χ3v) is 3.95. The van der Waals surface area contributed by atoms with Crippen molar-refractivity contribution in [3.63, 3.8) is 0 Å². The number of anilines is 2. The fourth-order valence-corrected chi connectivity index (χ4v) is 3.05. The third kappa shape index (κ3) is 2.46. The van der Waals surface area contributed by atoms with Crippen LogP contribution < -0.4 is 10.6 Å². The van der Waals surface area contributed by atoms with Gasteiger partial charge in [0.25, 0.3) is 0 Å². The smallest absolute Gasteiger partial charge is 0.315 e. The number of thioether (sulfide) groups is 1. The number of nitrogen functional groups attached to an aromatic ring is 1. The number of nitro benzene ring substituents is 1. The molecule has 0 bridgehead atoms. The number of hydrogen-bond acceptors (Lipinski definition) is 5. The molecule has 1 heterocycles. The third-order valence-electron chi connectivity index (χ3n) is 2.81. The predicted octanol–water partition coefficient (Wildman–Crippen LogP) is 2.12. The van der Waals surface area contributed by atoms with Gasteiger partial charge in [0.1, 0.15) is 11.4 Å². The highest BCUT2D eigenvalue weighted by atomic mass is 32.2. The molecule has 0 amide bonds. The van der Waals surface area contributed by atoms with Crippen molar-refractivity contribution in [1.82, 2.24) is 0 Å². The van der Waals surface area contributed by atoms with Crippen LogP contribution in [0.15, 0.2) is 18.2 Å². The van der Waals surface area contributed by atoms with Gasteiger partial charge in [-0.15, -0.1) is 0 Å². The molecule has 0 aromatic heterocycles. The Hall–Kier alpha value is -1.43. The molecule has 2 rings (SSSR count). The van der Waals surface area contributed by atoms with E-state index in [2.05, 4.69) is 11.8 Å². The molecule has 1 unspecified atom stereocenters. The topological polar surface area (TPSA) is 72.4 Å². The normalized spacial score (nSPS) is 20.3. The van der Waals surface area contributed by atoms with E-state index < -0.39 is 4.92 Å². The summed E-state index contributed by atoms with van der Waals surface area (Å²) in [6.07, 6.45) is 0. The Bertz CT molecular complexity index is 439. The quantitative estimate of drug-likeness (QED) is 0.496. The number of para-hydroxylation sites is 1. The van der Waals surface area contributed by atoms with Crippen molar-refractivity contribution in [3.8, 4) is 0 Å². The maximum Gasteiger partial charge on any atom is 0.315 e. The molecule has 1 fully saturated rings. The highest BCUT2D eigenvalue weighted by Crippen LogP contribution is 2.35. The van der Waals surface area contributed by atoms with E-state index in [4.69, 9.17) is 5.73 Å². The van der Waals surface area contributed by atoms with Crippen molar-refractivity contribution >= 4 is 28.8 Å². The zero-order valence-corrected chi connectivity index (χ0v) is 10.4. The molecule has 0 saturated carbocycles. The van der Waals surface area contributed by atoms with Crippen LogP contribution in [0.1, 0.15) is 6.92 Å². The van der Waals surface area contributed by atoms with Crippen molar-refractivity contribution in [2.45, 2.75) is 12.2 Å². The zero-order chi connectivity index (χ0) is 12.4. The molecule has 17 heavy (non-hydrogen) atoms. The first-order valence-electron chi connectivity index (χ1n) is 5.49. The first-order chi connectivity index (χ1) is 8.09. The molecule has 1 aliphatic rings. The van der Waals surface area contributed by atoms with E-state index in [1.54, 1.807) is 18.2 Å². The Kier molecular flexibility index (Phi) is 3.42. The van der Waals surface area contributed by atoms with Crippen LogP contribution in [0.2, 0.25) is 0 Å². The molecule has 0 radical (unpaired) electrons. The van der Waals surface area contributed by atoms with E-state index in [1.807, 2.05) is 11.8 Å². The number of nitrogens with zero attached hydrogens (tertiary/aromatic N) is 2. The van der Waals surface area contributed by atoms with Gasteiger partial charge in [0.2, 0.25) is 0 Å². The van der Waals surface area contributed by atoms with Gasteiger partial charge in [-0.2, -0.15) is 11.8 Å². The Balaban J connectivity index is 2.37. The summed E-state index contributed by atoms with van der Waals surface area (Å²) in [7, 11) is 0. The largest absolute Gasteiger partial charge is 0.393 e. The van der Waals surface area contributed by atoms with Crippen molar-refractivity contribution in [3.05, 3.63) is 28.3 Å². The first-order valence-corrected chi connectivity index (χ1v) is 6.54. The van der Waals surface area contributed by atoms with Gasteiger partial charge < -0.3 is 10.6 Å². The fraction of sp³-hybridized carbons (Fsp3) is 0.455. The second kappa shape index (κ2) is 4.83. The molecule has 92 valence electrons. The Morgan fingerprint density at radius 3 is 3.00 bits per heavy atom. The molecular weight excluding hydrogens is 238 g/mol. The van der Waals surface area contributed by atoms with Gasteiger partial charge in [-0.05, 0) is 12.1 Å². The lowest BCUT2D eigenvalue weighted by Gasteiger charge is -2.32. The van der Waals surface area contributed by atoms with Gasteiger partial charge in [-0.1, -0.05) is 13.0 Å².